The summed E-state index contributed by atoms with van der Waals surface area (Å²) in [5, 5.41) is 0. The third-order valence-electron chi connectivity index (χ3n) is 2.65. The molecule has 1 aromatic carbocycles. The molecule has 1 atom stereocenters. The molecule has 0 aliphatic carbocycles. The van der Waals surface area contributed by atoms with E-state index in [9.17, 15) is 4.79 Å². The summed E-state index contributed by atoms with van der Waals surface area (Å²) in [6.45, 7) is 2.10. The third kappa shape index (κ3) is 2.45. The minimum absolute atomic E-state index is 0.271. The van der Waals surface area contributed by atoms with Gasteiger partial charge in [0.05, 0.1) is 0 Å². The molecule has 1 unspecified atom stereocenters. The Bertz CT molecular complexity index is 353. The molecule has 0 amide bonds. The maximum atomic E-state index is 11.6. The molecule has 0 saturated carbocycles. The van der Waals surface area contributed by atoms with Crippen molar-refractivity contribution in [2.75, 3.05) is 0 Å². The highest BCUT2D eigenvalue weighted by molar-refractivity contribution is 6.48. The van der Waals surface area contributed by atoms with Crippen molar-refractivity contribution in [2.45, 2.75) is 32.2 Å². The van der Waals surface area contributed by atoms with E-state index < -0.39 is 6.10 Å². The number of hydrogen-bond donors (Lipinski definition) is 0. The molecule has 1 aromatic rings. The minimum Gasteiger partial charge on any atom is -0.507 e. The van der Waals surface area contributed by atoms with E-state index in [4.69, 9.17) is 9.31 Å². The van der Waals surface area contributed by atoms with Gasteiger partial charge in [0.1, 0.15) is 0 Å². The van der Waals surface area contributed by atoms with E-state index in [1.54, 1.807) is 0 Å². The van der Waals surface area contributed by atoms with Crippen LogP contribution in [0.2, 0.25) is 6.32 Å². The Morgan fingerprint density at radius 2 is 2.06 bits per heavy atom. The summed E-state index contributed by atoms with van der Waals surface area (Å²) in [5.41, 5.74) is 0.867. The van der Waals surface area contributed by atoms with Crippen LogP contribution in [0.1, 0.15) is 31.4 Å². The lowest BCUT2D eigenvalue weighted by molar-refractivity contribution is -0.136. The summed E-state index contributed by atoms with van der Waals surface area (Å²) in [5.74, 6) is -0.271. The van der Waals surface area contributed by atoms with Crippen molar-refractivity contribution in [3.05, 3.63) is 35.9 Å². The molecule has 1 fully saturated rings. The Balaban J connectivity index is 2.00. The van der Waals surface area contributed by atoms with Crippen molar-refractivity contribution in [1.82, 2.24) is 0 Å². The third-order valence-corrected chi connectivity index (χ3v) is 2.65. The van der Waals surface area contributed by atoms with Gasteiger partial charge >= 0.3 is 13.1 Å². The molecule has 1 heterocycles. The van der Waals surface area contributed by atoms with Crippen molar-refractivity contribution >= 4 is 13.1 Å². The van der Waals surface area contributed by atoms with Gasteiger partial charge < -0.3 is 9.31 Å². The second-order valence-corrected chi connectivity index (χ2v) is 3.94. The Morgan fingerprint density at radius 3 is 2.75 bits per heavy atom. The standard InChI is InChI=1S/C12H15BO3/c1-2-3-9-13-15-11(12(14)16-13)10-7-5-4-6-8-10/h4-8,11H,2-3,9H2,1H3. The summed E-state index contributed by atoms with van der Waals surface area (Å²) in [4.78, 5) is 11.6. The number of unbranched alkanes of at least 4 members (excludes halogenated alkanes) is 1. The van der Waals surface area contributed by atoms with E-state index in [0.717, 1.165) is 24.7 Å². The number of carbonyl (C=O) groups is 1. The fourth-order valence-corrected chi connectivity index (χ4v) is 1.77. The molecule has 0 radical (unpaired) electrons. The van der Waals surface area contributed by atoms with E-state index in [2.05, 4.69) is 6.92 Å². The van der Waals surface area contributed by atoms with Gasteiger partial charge in [-0.1, -0.05) is 50.1 Å². The molecule has 0 N–H and O–H groups in total. The number of hydrogen-bond acceptors (Lipinski definition) is 3. The van der Waals surface area contributed by atoms with Crippen LogP contribution < -0.4 is 0 Å². The van der Waals surface area contributed by atoms with Crippen LogP contribution in [0.15, 0.2) is 30.3 Å². The van der Waals surface area contributed by atoms with Crippen molar-refractivity contribution in [2.24, 2.45) is 0 Å². The van der Waals surface area contributed by atoms with Crippen LogP contribution in [0.5, 0.6) is 0 Å². The summed E-state index contributed by atoms with van der Waals surface area (Å²) in [7, 11) is -0.363. The van der Waals surface area contributed by atoms with Gasteiger partial charge in [0, 0.05) is 0 Å². The van der Waals surface area contributed by atoms with Gasteiger partial charge in [0.15, 0.2) is 6.10 Å². The second kappa shape index (κ2) is 5.17. The zero-order chi connectivity index (χ0) is 11.4. The van der Waals surface area contributed by atoms with Crippen molar-refractivity contribution in [3.63, 3.8) is 0 Å². The first-order valence-electron chi connectivity index (χ1n) is 5.72. The van der Waals surface area contributed by atoms with E-state index in [0.29, 0.717) is 0 Å². The van der Waals surface area contributed by atoms with E-state index in [1.165, 1.54) is 0 Å². The molecule has 4 heteroatoms. The van der Waals surface area contributed by atoms with E-state index >= 15 is 0 Å². The lowest BCUT2D eigenvalue weighted by Crippen LogP contribution is -2.13. The van der Waals surface area contributed by atoms with Gasteiger partial charge in [0.2, 0.25) is 0 Å². The first-order valence-corrected chi connectivity index (χ1v) is 5.72. The quantitative estimate of drug-likeness (QED) is 0.728. The van der Waals surface area contributed by atoms with Gasteiger partial charge in [-0.2, -0.15) is 0 Å². The second-order valence-electron chi connectivity index (χ2n) is 3.94. The largest absolute Gasteiger partial charge is 0.528 e. The molecule has 1 aliphatic rings. The maximum Gasteiger partial charge on any atom is 0.528 e. The first-order chi connectivity index (χ1) is 7.81. The van der Waals surface area contributed by atoms with E-state index in [-0.39, 0.29) is 13.1 Å². The predicted molar refractivity (Wildman–Crippen MR) is 61.8 cm³/mol. The lowest BCUT2D eigenvalue weighted by Gasteiger charge is -2.06. The first kappa shape index (κ1) is 11.2. The molecule has 84 valence electrons. The highest BCUT2D eigenvalue weighted by Crippen LogP contribution is 2.27. The molecular formula is C12H15BO3. The highest BCUT2D eigenvalue weighted by atomic mass is 16.7. The Morgan fingerprint density at radius 1 is 1.31 bits per heavy atom. The van der Waals surface area contributed by atoms with Crippen molar-refractivity contribution in [3.8, 4) is 0 Å². The molecule has 0 aromatic heterocycles. The number of rotatable bonds is 4. The van der Waals surface area contributed by atoms with Gasteiger partial charge in [-0.05, 0) is 11.9 Å². The van der Waals surface area contributed by atoms with Gasteiger partial charge in [-0.25, -0.2) is 0 Å². The summed E-state index contributed by atoms with van der Waals surface area (Å²) in [6.07, 6.45) is 2.33. The fraction of sp³-hybridized carbons (Fsp3) is 0.417. The van der Waals surface area contributed by atoms with Gasteiger partial charge in [-0.15, -0.1) is 0 Å². The zero-order valence-corrected chi connectivity index (χ0v) is 9.39. The van der Waals surface area contributed by atoms with Crippen LogP contribution in [-0.2, 0) is 14.1 Å². The van der Waals surface area contributed by atoms with Crippen LogP contribution in [0.3, 0.4) is 0 Å². The molecule has 2 rings (SSSR count). The summed E-state index contributed by atoms with van der Waals surface area (Å²) in [6, 6.07) is 9.47. The Labute approximate surface area is 95.9 Å². The fourth-order valence-electron chi connectivity index (χ4n) is 1.77. The molecule has 1 aliphatic heterocycles. The SMILES string of the molecule is CCCCB1OC(=O)C(c2ccccc2)O1. The predicted octanol–water partition coefficient (Wildman–Crippen LogP) is 2.59. The van der Waals surface area contributed by atoms with Crippen LogP contribution >= 0.6 is 0 Å². The van der Waals surface area contributed by atoms with Gasteiger partial charge in [0.25, 0.3) is 0 Å². The minimum atomic E-state index is -0.539. The molecule has 0 spiro atoms. The molecule has 16 heavy (non-hydrogen) atoms. The lowest BCUT2D eigenvalue weighted by atomic mass is 9.83. The monoisotopic (exact) mass is 218 g/mol. The average molecular weight is 218 g/mol. The Hall–Kier alpha value is -1.29. The molecular weight excluding hydrogens is 203 g/mol. The molecule has 3 nitrogen and oxygen atoms in total. The highest BCUT2D eigenvalue weighted by Gasteiger charge is 2.39. The van der Waals surface area contributed by atoms with E-state index in [1.807, 2.05) is 30.3 Å². The normalized spacial score (nSPS) is 19.9. The van der Waals surface area contributed by atoms with Crippen LogP contribution in [-0.4, -0.2) is 13.1 Å². The van der Waals surface area contributed by atoms with Crippen LogP contribution in [0, 0.1) is 0 Å². The van der Waals surface area contributed by atoms with Crippen molar-refractivity contribution < 1.29 is 14.1 Å². The van der Waals surface area contributed by atoms with Crippen LogP contribution in [0.4, 0.5) is 0 Å². The Kier molecular flexibility index (Phi) is 3.62. The number of carbonyl (C=O) groups excluding carboxylic acids is 1. The maximum absolute atomic E-state index is 11.6. The molecule has 1 saturated heterocycles. The smallest absolute Gasteiger partial charge is 0.507 e. The summed E-state index contributed by atoms with van der Waals surface area (Å²) >= 11 is 0. The average Bonchev–Trinajstić information content (AvgIpc) is 2.69. The number of benzene rings is 1. The zero-order valence-electron chi connectivity index (χ0n) is 9.39. The van der Waals surface area contributed by atoms with Crippen LogP contribution in [0.25, 0.3) is 0 Å². The topological polar surface area (TPSA) is 35.5 Å². The molecule has 0 bridgehead atoms. The van der Waals surface area contributed by atoms with Gasteiger partial charge in [-0.3, -0.25) is 4.79 Å². The summed E-state index contributed by atoms with van der Waals surface area (Å²) < 4.78 is 10.8. The van der Waals surface area contributed by atoms with Crippen molar-refractivity contribution in [1.29, 1.82) is 0 Å².